The van der Waals surface area contributed by atoms with Crippen molar-refractivity contribution in [3.8, 4) is 5.75 Å². The van der Waals surface area contributed by atoms with Gasteiger partial charge in [0.1, 0.15) is 12.4 Å². The molecule has 0 saturated carbocycles. The van der Waals surface area contributed by atoms with E-state index in [4.69, 9.17) is 303 Å². The van der Waals surface area contributed by atoms with Crippen LogP contribution in [-0.2, 0) is 22.6 Å². The molecule has 0 bridgehead atoms. The third-order valence-corrected chi connectivity index (χ3v) is 19.8. The van der Waals surface area contributed by atoms with E-state index in [1.54, 1.807) is 0 Å². The Morgan fingerprint density at radius 1 is 0.381 bits per heavy atom. The zero-order valence-electron chi connectivity index (χ0n) is 56.1. The van der Waals surface area contributed by atoms with E-state index < -0.39 is 230 Å². The highest BCUT2D eigenvalue weighted by molar-refractivity contribution is 8.40. The van der Waals surface area contributed by atoms with Gasteiger partial charge >= 0.3 is 0 Å². The van der Waals surface area contributed by atoms with Crippen molar-refractivity contribution in [3.63, 3.8) is 0 Å². The van der Waals surface area contributed by atoms with Crippen LogP contribution in [0.4, 0.5) is 0 Å². The molecule has 2 heterocycles. The van der Waals surface area contributed by atoms with Gasteiger partial charge in [-0.1, -0.05) is 6.07 Å². The highest BCUT2D eigenvalue weighted by Crippen LogP contribution is 2.28. The van der Waals surface area contributed by atoms with Crippen molar-refractivity contribution in [2.75, 3.05) is 46.0 Å². The van der Waals surface area contributed by atoms with Crippen molar-refractivity contribution in [1.82, 2.24) is 15.5 Å². The minimum Gasteiger partial charge on any atom is -0.492 e. The Hall–Kier alpha value is 3.24. The summed E-state index contributed by atoms with van der Waals surface area (Å²) in [5, 5.41) is 6.20. The number of fused-ring (bicyclic) bond motifs is 1. The van der Waals surface area contributed by atoms with Crippen LogP contribution >= 0.6 is 0 Å². The lowest BCUT2D eigenvalue weighted by atomic mass is 8.21. The van der Waals surface area contributed by atoms with Gasteiger partial charge in [-0.2, -0.15) is 0 Å². The number of hydrogen-bond donors (Lipinski definition) is 2. The summed E-state index contributed by atoms with van der Waals surface area (Å²) >= 11 is 0. The summed E-state index contributed by atoms with van der Waals surface area (Å²) in [5.74, 6) is 0.911. The zero-order valence-corrected chi connectivity index (χ0v) is 56.1. The third-order valence-electron chi connectivity index (χ3n) is 19.8. The molecule has 1 aromatic rings. The van der Waals surface area contributed by atoms with E-state index in [2.05, 4.69) is 27.7 Å². The van der Waals surface area contributed by atoms with Crippen LogP contribution in [0, 0.1) is 0 Å². The first-order valence-electron chi connectivity index (χ1n) is 32.5. The molecule has 2 aliphatic rings. The van der Waals surface area contributed by atoms with Crippen molar-refractivity contribution in [3.05, 3.63) is 29.3 Å². The monoisotopic (exact) mass is 1130 g/mol. The smallest absolute Gasteiger partial charge is 0.234 e. The lowest BCUT2D eigenvalue weighted by Crippen LogP contribution is -2.99. The van der Waals surface area contributed by atoms with E-state index in [0.29, 0.717) is 32.9 Å². The van der Waals surface area contributed by atoms with Crippen molar-refractivity contribution in [2.45, 2.75) is 13.1 Å². The van der Waals surface area contributed by atoms with Gasteiger partial charge in [-0.25, -0.2) is 0 Å². The fraction of sp³-hybridized carbons (Fsp3) is 0.562. The molecule has 2 aliphatic heterocycles. The zero-order chi connectivity index (χ0) is 74.7. The fourth-order valence-corrected chi connectivity index (χ4v) is 16.0. The molecule has 345 valence electrons. The number of benzene rings is 1. The summed E-state index contributed by atoms with van der Waals surface area (Å²) < 4.78 is 11.0. The van der Waals surface area contributed by atoms with Crippen LogP contribution in [0.15, 0.2) is 18.2 Å². The minimum atomic E-state index is -1.80. The van der Waals surface area contributed by atoms with Crippen LogP contribution < -0.4 is 15.4 Å². The number of hydrogen-bond acceptors (Lipinski definition) is 5. The van der Waals surface area contributed by atoms with E-state index in [1.165, 1.54) is 11.1 Å². The first-order chi connectivity index (χ1) is 45.0. The van der Waals surface area contributed by atoms with Gasteiger partial charge in [-0.05, 0) is 23.3 Å². The normalized spacial score (nSPS) is 11.6. The van der Waals surface area contributed by atoms with E-state index in [0.717, 1.165) is 39.0 Å². The minimum absolute atomic E-state index is 0.0450. The average Bonchev–Trinajstić information content (AvgIpc) is 1.26. The van der Waals surface area contributed by atoms with Gasteiger partial charge in [0.15, 0.2) is 0 Å². The Balaban J connectivity index is 0.00000120. The molecular formula is C16H23B75N3O3. The summed E-state index contributed by atoms with van der Waals surface area (Å²) in [7, 11) is 260. The van der Waals surface area contributed by atoms with Crippen molar-refractivity contribution in [2.24, 2.45) is 0 Å². The maximum atomic E-state index is 11.8. The van der Waals surface area contributed by atoms with Crippen LogP contribution in [0.25, 0.3) is 0 Å². The Morgan fingerprint density at radius 3 is 0.897 bits per heavy atom. The van der Waals surface area contributed by atoms with E-state index in [9.17, 15) is 4.79 Å². The maximum absolute atomic E-state index is 11.8. The fourth-order valence-electron chi connectivity index (χ4n) is 16.0. The second-order valence-corrected chi connectivity index (χ2v) is 26.6. The van der Waals surface area contributed by atoms with E-state index in [-0.39, 0.29) is 5.91 Å². The summed E-state index contributed by atoms with van der Waals surface area (Å²) in [6.45, 7) is 6.37. The topological polar surface area (TPSA) is 62.8 Å². The van der Waals surface area contributed by atoms with Crippen LogP contribution in [0.1, 0.15) is 11.1 Å². The molecule has 0 unspecified atom stereocenters. The largest absolute Gasteiger partial charge is 0.492 e. The average molecular weight is 1120 g/mol. The molecule has 1 fully saturated rings. The first-order valence-corrected chi connectivity index (χ1v) is 32.5. The van der Waals surface area contributed by atoms with Gasteiger partial charge in [0, 0.05) is 557 Å². The third kappa shape index (κ3) is 27.9. The van der Waals surface area contributed by atoms with Gasteiger partial charge in [-0.3, -0.25) is 9.69 Å². The molecule has 1 aromatic carbocycles. The molecule has 77 radical (unpaired) electrons. The van der Waals surface area contributed by atoms with Crippen LogP contribution in [0.2, 0.25) is 0 Å². The standard InChI is InChI=1S/C16H23N3O3.B75/c20-16(12-19-4-7-21-8-5-19)18-3-6-22-15-2-1-13-10-17-11-14(13)9-15;1-39-58(38)68(59(40(2)3)41(4)5)73(69(60(42(6)7)43(8)9)61(44(10)11)45(12)13)75(72(66(54(30)31)55(32)33)67(56(34)35)57(36)37)74(70(62(46(14)15)47(16)17)63(48(18)19)49(20)21)71(64(50(22)23)51(24)25)65(52(26)27)53(28)29/h1-2,9,17H,3-8,10-12H2,(H,18,20);. The molecule has 2 N–H and O–H groups in total. The summed E-state index contributed by atoms with van der Waals surface area (Å²) in [6.07, 6.45) is -57.6. The number of carbonyl (C=O) groups excluding carboxylic acids is 1. The molecular weight excluding hydrogens is 1090 g/mol. The number of amides is 1. The molecule has 81 heteroatoms. The number of ether oxygens (including phenoxy) is 2. The van der Waals surface area contributed by atoms with Gasteiger partial charge < -0.3 is 20.1 Å². The number of rotatable bonds is 42. The Labute approximate surface area is 654 Å². The SMILES string of the molecule is O=C(CN1CCOCC1)NCCOc1ccc2c(c1)CNC2.[B][B]B([B])B(B(B([B])[B])B([B])[B])B(B(B(B([B])[B])B([B])[B])B(B([B])[B])B([B])[B])B(B(B(B([B])[B])B([B])[B])B(B([B])[B])B([B])[B])B(B(B(B([B])[B])B([B])[B])B(B([B])[B])B([B])[B])B(B(B([B])[B])B([B])[B])B(B([B])[B])B([B])[B]. The number of carbonyl (C=O) groups is 1. The molecule has 0 aromatic heterocycles. The molecule has 0 spiro atoms. The van der Waals surface area contributed by atoms with E-state index in [1.807, 2.05) is 6.07 Å². The van der Waals surface area contributed by atoms with Crippen molar-refractivity contribution >= 4 is 537 Å². The van der Waals surface area contributed by atoms with Crippen molar-refractivity contribution in [1.29, 1.82) is 0 Å². The highest BCUT2D eigenvalue weighted by Gasteiger charge is 2.65. The van der Waals surface area contributed by atoms with Crippen molar-refractivity contribution < 1.29 is 14.3 Å². The predicted octanol–water partition coefficient (Wildman–Crippen LogP) is -28.4. The van der Waals surface area contributed by atoms with Gasteiger partial charge in [-0.15, -0.1) is 0 Å². The van der Waals surface area contributed by atoms with Gasteiger partial charge in [0.2, 0.25) is 5.91 Å². The molecule has 6 nitrogen and oxygen atoms in total. The molecule has 0 atom stereocenters. The van der Waals surface area contributed by atoms with Crippen LogP contribution in [0.5, 0.6) is 5.75 Å². The summed E-state index contributed by atoms with van der Waals surface area (Å²) in [6, 6.07) is 6.16. The lowest BCUT2D eigenvalue weighted by molar-refractivity contribution is -0.123. The predicted molar refractivity (Wildman–Crippen MR) is 514 cm³/mol. The Kier molecular flexibility index (Phi) is 46.4. The quantitative estimate of drug-likeness (QED) is 0.0505. The molecule has 3 rings (SSSR count). The number of morpholine rings is 1. The summed E-state index contributed by atoms with van der Waals surface area (Å²) in [5.41, 5.74) is 2.64. The van der Waals surface area contributed by atoms with Gasteiger partial charge in [0.25, 0.3) is 0 Å². The Morgan fingerprint density at radius 2 is 0.629 bits per heavy atom. The number of nitrogens with one attached hydrogen (secondary N) is 2. The summed E-state index contributed by atoms with van der Waals surface area (Å²) in [4.78, 5) is 13.9. The first kappa shape index (κ1) is 96.3. The van der Waals surface area contributed by atoms with E-state index >= 15 is 0 Å². The maximum Gasteiger partial charge on any atom is 0.234 e. The molecule has 0 aliphatic carbocycles. The highest BCUT2D eigenvalue weighted by atomic mass is 16.5. The second kappa shape index (κ2) is 46.7. The molecule has 97 heavy (non-hydrogen) atoms. The second-order valence-electron chi connectivity index (χ2n) is 26.6. The van der Waals surface area contributed by atoms with Gasteiger partial charge in [0.05, 0.1) is 26.3 Å². The molecule has 1 amide bonds. The molecule has 1 saturated heterocycles. The van der Waals surface area contributed by atoms with Crippen LogP contribution in [-0.4, -0.2) is 588 Å². The lowest BCUT2D eigenvalue weighted by Gasteiger charge is -2.61. The Bertz CT molecular complexity index is 2110. The number of nitrogens with zero attached hydrogens (tertiary/aromatic N) is 1. The van der Waals surface area contributed by atoms with Crippen LogP contribution in [0.3, 0.4) is 0 Å².